The quantitative estimate of drug-likeness (QED) is 0.929. The third-order valence-electron chi connectivity index (χ3n) is 2.87. The lowest BCUT2D eigenvalue weighted by molar-refractivity contribution is 0.426. The van der Waals surface area contributed by atoms with Crippen molar-refractivity contribution in [3.8, 4) is 11.6 Å². The van der Waals surface area contributed by atoms with Gasteiger partial charge in [-0.15, -0.1) is 0 Å². The van der Waals surface area contributed by atoms with Gasteiger partial charge in [0.1, 0.15) is 11.6 Å². The van der Waals surface area contributed by atoms with E-state index in [4.69, 9.17) is 22.1 Å². The summed E-state index contributed by atoms with van der Waals surface area (Å²) >= 11 is 6.14. The number of imidazole rings is 1. The Labute approximate surface area is 118 Å². The van der Waals surface area contributed by atoms with Crippen molar-refractivity contribution >= 4 is 11.6 Å². The maximum absolute atomic E-state index is 6.14. The zero-order chi connectivity index (χ0) is 14.0. The molecule has 1 heterocycles. The summed E-state index contributed by atoms with van der Waals surface area (Å²) in [4.78, 5) is 4.27. The Balaban J connectivity index is 2.36. The maximum Gasteiger partial charge on any atom is 0.239 e. The molecule has 0 aliphatic carbocycles. The zero-order valence-electron chi connectivity index (χ0n) is 11.4. The lowest BCUT2D eigenvalue weighted by Crippen LogP contribution is -2.13. The number of rotatable bonds is 4. The predicted molar refractivity (Wildman–Crippen MR) is 76.8 cm³/mol. The van der Waals surface area contributed by atoms with E-state index in [2.05, 4.69) is 4.98 Å². The molecule has 2 aromatic rings. The fourth-order valence-electron chi connectivity index (χ4n) is 1.89. The normalized spacial score (nSPS) is 12.5. The molecule has 0 spiro atoms. The van der Waals surface area contributed by atoms with Crippen LogP contribution in [0.4, 0.5) is 0 Å². The number of aromatic nitrogens is 2. The molecule has 1 aromatic heterocycles. The molecule has 0 aliphatic heterocycles. The minimum absolute atomic E-state index is 0.187. The highest BCUT2D eigenvalue weighted by Crippen LogP contribution is 2.32. The average molecular weight is 280 g/mol. The molecule has 0 amide bonds. The summed E-state index contributed by atoms with van der Waals surface area (Å²) in [6.45, 7) is 6.62. The van der Waals surface area contributed by atoms with Gasteiger partial charge < -0.3 is 10.5 Å². The molecular weight excluding hydrogens is 262 g/mol. The first-order valence-corrected chi connectivity index (χ1v) is 6.66. The highest BCUT2D eigenvalue weighted by atomic mass is 35.5. The highest BCUT2D eigenvalue weighted by Gasteiger charge is 2.19. The van der Waals surface area contributed by atoms with Crippen LogP contribution in [-0.4, -0.2) is 9.55 Å². The molecule has 19 heavy (non-hydrogen) atoms. The molecule has 1 unspecified atom stereocenters. The number of hydrogen-bond acceptors (Lipinski definition) is 3. The molecule has 0 aliphatic rings. The van der Waals surface area contributed by atoms with Crippen molar-refractivity contribution in [3.05, 3.63) is 40.8 Å². The van der Waals surface area contributed by atoms with Crippen LogP contribution in [0.5, 0.6) is 11.6 Å². The van der Waals surface area contributed by atoms with Crippen LogP contribution in [0.3, 0.4) is 0 Å². The summed E-state index contributed by atoms with van der Waals surface area (Å²) < 4.78 is 7.73. The topological polar surface area (TPSA) is 53.1 Å². The first-order valence-electron chi connectivity index (χ1n) is 6.29. The van der Waals surface area contributed by atoms with Gasteiger partial charge in [-0.3, -0.25) is 4.57 Å². The number of ether oxygens (including phenoxy) is 1. The lowest BCUT2D eigenvalue weighted by Gasteiger charge is -2.12. The van der Waals surface area contributed by atoms with Gasteiger partial charge in [0.15, 0.2) is 5.15 Å². The van der Waals surface area contributed by atoms with Crippen LogP contribution >= 0.6 is 11.6 Å². The van der Waals surface area contributed by atoms with Crippen molar-refractivity contribution < 1.29 is 4.74 Å². The van der Waals surface area contributed by atoms with Gasteiger partial charge in [-0.25, -0.2) is 4.98 Å². The number of aryl methyl sites for hydroxylation is 1. The number of nitrogens with two attached hydrogens (primary N) is 1. The molecule has 0 radical (unpaired) electrons. The van der Waals surface area contributed by atoms with E-state index in [0.717, 1.165) is 11.6 Å². The minimum Gasteiger partial charge on any atom is -0.438 e. The summed E-state index contributed by atoms with van der Waals surface area (Å²) in [6, 6.07) is 7.60. The molecular formula is C14H18ClN3O. The molecule has 0 saturated carbocycles. The molecule has 0 saturated heterocycles. The van der Waals surface area contributed by atoms with E-state index in [-0.39, 0.29) is 6.04 Å². The smallest absolute Gasteiger partial charge is 0.239 e. The summed E-state index contributed by atoms with van der Waals surface area (Å²) in [5.74, 6) is 2.01. The lowest BCUT2D eigenvalue weighted by atomic mass is 10.2. The van der Waals surface area contributed by atoms with Crippen molar-refractivity contribution in [1.82, 2.24) is 9.55 Å². The van der Waals surface area contributed by atoms with Crippen LogP contribution < -0.4 is 10.5 Å². The molecule has 4 nitrogen and oxygen atoms in total. The van der Waals surface area contributed by atoms with Crippen molar-refractivity contribution in [3.63, 3.8) is 0 Å². The highest BCUT2D eigenvalue weighted by molar-refractivity contribution is 6.30. The Bertz CT molecular complexity index is 561. The fourth-order valence-corrected chi connectivity index (χ4v) is 2.12. The number of hydrogen-bond donors (Lipinski definition) is 1. The molecule has 2 N–H and O–H groups in total. The molecule has 5 heteroatoms. The van der Waals surface area contributed by atoms with Gasteiger partial charge in [0.05, 0.1) is 6.04 Å². The van der Waals surface area contributed by atoms with Crippen LogP contribution in [-0.2, 0) is 6.54 Å². The Morgan fingerprint density at radius 2 is 2.00 bits per heavy atom. The second-order valence-corrected chi connectivity index (χ2v) is 4.87. The van der Waals surface area contributed by atoms with E-state index in [1.54, 1.807) is 0 Å². The van der Waals surface area contributed by atoms with Gasteiger partial charge in [0.2, 0.25) is 5.88 Å². The maximum atomic E-state index is 6.14. The van der Waals surface area contributed by atoms with Gasteiger partial charge in [-0.05, 0) is 32.9 Å². The summed E-state index contributed by atoms with van der Waals surface area (Å²) in [5, 5.41) is 0.342. The predicted octanol–water partition coefficient (Wildman–Crippen LogP) is 3.68. The van der Waals surface area contributed by atoms with Crippen molar-refractivity contribution in [2.24, 2.45) is 5.73 Å². The molecule has 0 bridgehead atoms. The Kier molecular flexibility index (Phi) is 4.12. The molecule has 1 atom stereocenters. The van der Waals surface area contributed by atoms with Crippen molar-refractivity contribution in [2.75, 3.05) is 0 Å². The van der Waals surface area contributed by atoms with Crippen LogP contribution in [0.25, 0.3) is 0 Å². The molecule has 102 valence electrons. The van der Waals surface area contributed by atoms with Gasteiger partial charge >= 0.3 is 0 Å². The van der Waals surface area contributed by atoms with Gasteiger partial charge in [-0.2, -0.15) is 0 Å². The molecule has 0 fully saturated rings. The average Bonchev–Trinajstić information content (AvgIpc) is 2.69. The second kappa shape index (κ2) is 5.63. The fraction of sp³-hybridized carbons (Fsp3) is 0.357. The van der Waals surface area contributed by atoms with Crippen LogP contribution in [0, 0.1) is 6.92 Å². The standard InChI is InChI=1S/C14H18ClN3O/c1-4-18-13(10(3)16)17-12(15)14(18)19-11-7-5-9(2)6-8-11/h5-8,10H,4,16H2,1-3H3. The van der Waals surface area contributed by atoms with E-state index in [1.165, 1.54) is 5.56 Å². The number of benzene rings is 1. The van der Waals surface area contributed by atoms with E-state index in [9.17, 15) is 0 Å². The third kappa shape index (κ3) is 2.91. The Hall–Kier alpha value is -1.52. The van der Waals surface area contributed by atoms with Gasteiger partial charge in [0.25, 0.3) is 0 Å². The van der Waals surface area contributed by atoms with E-state index in [0.29, 0.717) is 17.6 Å². The van der Waals surface area contributed by atoms with Gasteiger partial charge in [-0.1, -0.05) is 29.3 Å². The monoisotopic (exact) mass is 279 g/mol. The summed E-state index contributed by atoms with van der Waals surface area (Å²) in [5.41, 5.74) is 7.07. The molecule has 1 aromatic carbocycles. The van der Waals surface area contributed by atoms with Crippen LogP contribution in [0.1, 0.15) is 31.3 Å². The largest absolute Gasteiger partial charge is 0.438 e. The van der Waals surface area contributed by atoms with Crippen molar-refractivity contribution in [1.29, 1.82) is 0 Å². The zero-order valence-corrected chi connectivity index (χ0v) is 12.1. The Morgan fingerprint density at radius 3 is 2.53 bits per heavy atom. The molecule has 2 rings (SSSR count). The van der Waals surface area contributed by atoms with Crippen LogP contribution in [0.15, 0.2) is 24.3 Å². The van der Waals surface area contributed by atoms with Crippen LogP contribution in [0.2, 0.25) is 5.15 Å². The van der Waals surface area contributed by atoms with E-state index >= 15 is 0 Å². The summed E-state index contributed by atoms with van der Waals surface area (Å²) in [6.07, 6.45) is 0. The Morgan fingerprint density at radius 1 is 1.37 bits per heavy atom. The van der Waals surface area contributed by atoms with Crippen molar-refractivity contribution in [2.45, 2.75) is 33.4 Å². The first kappa shape index (κ1) is 13.9. The van der Waals surface area contributed by atoms with E-state index < -0.39 is 0 Å². The second-order valence-electron chi connectivity index (χ2n) is 4.51. The van der Waals surface area contributed by atoms with E-state index in [1.807, 2.05) is 49.6 Å². The first-order chi connectivity index (χ1) is 9.02. The minimum atomic E-state index is -0.187. The SMILES string of the molecule is CCn1c(C(C)N)nc(Cl)c1Oc1ccc(C)cc1. The summed E-state index contributed by atoms with van der Waals surface area (Å²) in [7, 11) is 0. The number of nitrogens with zero attached hydrogens (tertiary/aromatic N) is 2. The van der Waals surface area contributed by atoms with Gasteiger partial charge in [0, 0.05) is 6.54 Å². The third-order valence-corrected chi connectivity index (χ3v) is 3.12. The number of halogens is 1.